The number of hydrogen-bond acceptors (Lipinski definition) is 4. The van der Waals surface area contributed by atoms with E-state index in [0.717, 1.165) is 57.5 Å². The van der Waals surface area contributed by atoms with Gasteiger partial charge in [-0.1, -0.05) is 37.1 Å². The molecule has 2 saturated carbocycles. The number of fused-ring (bicyclic) bond motifs is 6. The Morgan fingerprint density at radius 3 is 2.86 bits per heavy atom. The Bertz CT molecular complexity index is 980. The van der Waals surface area contributed by atoms with E-state index in [1.807, 2.05) is 6.08 Å². The number of ether oxygens (including phenoxy) is 1. The molecule has 35 heavy (non-hydrogen) atoms. The summed E-state index contributed by atoms with van der Waals surface area (Å²) in [6.07, 6.45) is 13.6. The fourth-order valence-corrected chi connectivity index (χ4v) is 9.42. The first kappa shape index (κ1) is 24.1. The van der Waals surface area contributed by atoms with Crippen molar-refractivity contribution in [3.8, 4) is 0 Å². The predicted molar refractivity (Wildman–Crippen MR) is 141 cm³/mol. The largest absolute Gasteiger partial charge is 0.365 e. The van der Waals surface area contributed by atoms with Crippen molar-refractivity contribution in [1.82, 2.24) is 4.90 Å². The number of carbonyl (C=O) groups excluding carboxylic acids is 1. The van der Waals surface area contributed by atoms with Crippen LogP contribution in [0.2, 0.25) is 0 Å². The quantitative estimate of drug-likeness (QED) is 0.526. The highest BCUT2D eigenvalue weighted by atomic mass is 16.5. The highest BCUT2D eigenvalue weighted by Gasteiger charge is 2.55. The summed E-state index contributed by atoms with van der Waals surface area (Å²) in [6.45, 7) is 14.7. The molecule has 6 aliphatic rings. The lowest BCUT2D eigenvalue weighted by Gasteiger charge is -2.47. The Morgan fingerprint density at radius 1 is 1.23 bits per heavy atom. The van der Waals surface area contributed by atoms with Crippen LogP contribution in [0.3, 0.4) is 0 Å². The fourth-order valence-electron chi connectivity index (χ4n) is 9.42. The lowest BCUT2D eigenvalue weighted by molar-refractivity contribution is -0.116. The molecule has 0 amide bonds. The van der Waals surface area contributed by atoms with E-state index >= 15 is 0 Å². The Labute approximate surface area is 212 Å². The Kier molecular flexibility index (Phi) is 5.98. The molecule has 2 N–H and O–H groups in total. The van der Waals surface area contributed by atoms with Crippen LogP contribution in [0.15, 0.2) is 34.9 Å². The Hall–Kier alpha value is -1.23. The van der Waals surface area contributed by atoms with Gasteiger partial charge in [0.15, 0.2) is 5.78 Å². The topological polar surface area (TPSA) is 55.6 Å². The van der Waals surface area contributed by atoms with Crippen molar-refractivity contribution in [1.29, 1.82) is 0 Å². The van der Waals surface area contributed by atoms with Gasteiger partial charge in [0.05, 0.1) is 17.7 Å². The molecule has 4 nitrogen and oxygen atoms in total. The molecule has 6 rings (SSSR count). The molecule has 3 unspecified atom stereocenters. The van der Waals surface area contributed by atoms with E-state index in [1.165, 1.54) is 36.8 Å². The second-order valence-electron chi connectivity index (χ2n) is 13.5. The van der Waals surface area contributed by atoms with Gasteiger partial charge in [-0.25, -0.2) is 0 Å². The van der Waals surface area contributed by atoms with Crippen LogP contribution in [-0.4, -0.2) is 48.1 Å². The SMILES string of the molecule is C=C1[C@H]2[C@@H](C[C@H](C)CN2CCN)OC12CCC1CC3CC4=CC(=O)CC[C@]4(C)[C@@H](CC1=C(C)C2)C3. The first-order valence-electron chi connectivity index (χ1n) is 14.5. The summed E-state index contributed by atoms with van der Waals surface area (Å²) in [5.41, 5.74) is 12.2. The van der Waals surface area contributed by atoms with E-state index in [4.69, 9.17) is 17.0 Å². The molecule has 2 saturated heterocycles. The molecule has 192 valence electrons. The standard InChI is InChI=1S/C31H46N2O2/c1-19-11-28-29(33(18-19)10-9-32)21(3)31(35-28)8-5-23-12-22-13-24-15-26(34)6-7-30(24,4)25(14-22)16-27(23)20(2)17-31/h15,19,22-23,25,28-29H,3,5-14,16-18,32H2,1-2,4H3/t19-,22?,23?,25+,28+,29-,30-,31?/m0/s1. The van der Waals surface area contributed by atoms with Gasteiger partial charge < -0.3 is 10.5 Å². The number of ketones is 1. The van der Waals surface area contributed by atoms with Gasteiger partial charge >= 0.3 is 0 Å². The summed E-state index contributed by atoms with van der Waals surface area (Å²) in [7, 11) is 0. The normalized spacial score (nSPS) is 46.0. The van der Waals surface area contributed by atoms with Gasteiger partial charge in [0.1, 0.15) is 0 Å². The van der Waals surface area contributed by atoms with Gasteiger partial charge in [0, 0.05) is 32.5 Å². The summed E-state index contributed by atoms with van der Waals surface area (Å²) in [5, 5.41) is 0. The van der Waals surface area contributed by atoms with Gasteiger partial charge in [-0.15, -0.1) is 0 Å². The summed E-state index contributed by atoms with van der Waals surface area (Å²) in [5.74, 6) is 3.08. The number of carbonyl (C=O) groups is 1. The summed E-state index contributed by atoms with van der Waals surface area (Å²) < 4.78 is 7.09. The van der Waals surface area contributed by atoms with Crippen molar-refractivity contribution in [2.75, 3.05) is 19.6 Å². The number of nitrogens with two attached hydrogens (primary N) is 1. The smallest absolute Gasteiger partial charge is 0.155 e. The van der Waals surface area contributed by atoms with E-state index < -0.39 is 0 Å². The summed E-state index contributed by atoms with van der Waals surface area (Å²) in [6, 6.07) is 0.334. The first-order valence-corrected chi connectivity index (χ1v) is 14.5. The van der Waals surface area contributed by atoms with Gasteiger partial charge in [0.2, 0.25) is 0 Å². The average Bonchev–Trinajstić information content (AvgIpc) is 2.91. The van der Waals surface area contributed by atoms with Crippen LogP contribution in [-0.2, 0) is 9.53 Å². The molecular weight excluding hydrogens is 432 g/mol. The number of hydrogen-bond donors (Lipinski definition) is 1. The number of likely N-dealkylation sites (tertiary alicyclic amines) is 1. The van der Waals surface area contributed by atoms with Crippen molar-refractivity contribution in [2.45, 2.75) is 103 Å². The van der Waals surface area contributed by atoms with Crippen molar-refractivity contribution < 1.29 is 9.53 Å². The molecule has 4 aliphatic carbocycles. The molecule has 0 aromatic rings. The van der Waals surface area contributed by atoms with Crippen molar-refractivity contribution in [3.63, 3.8) is 0 Å². The minimum Gasteiger partial charge on any atom is -0.365 e. The van der Waals surface area contributed by atoms with Gasteiger partial charge in [-0.2, -0.15) is 0 Å². The maximum Gasteiger partial charge on any atom is 0.155 e. The van der Waals surface area contributed by atoms with E-state index in [0.29, 0.717) is 36.1 Å². The molecule has 2 aliphatic heterocycles. The van der Waals surface area contributed by atoms with Crippen LogP contribution in [0, 0.1) is 29.1 Å². The van der Waals surface area contributed by atoms with Crippen molar-refractivity contribution in [2.24, 2.45) is 34.8 Å². The molecular formula is C31H46N2O2. The first-order chi connectivity index (χ1) is 16.7. The third-order valence-corrected chi connectivity index (χ3v) is 11.2. The van der Waals surface area contributed by atoms with Crippen LogP contribution in [0.25, 0.3) is 0 Å². The molecule has 0 radical (unpaired) electrons. The molecule has 0 aromatic heterocycles. The highest BCUT2D eigenvalue weighted by molar-refractivity contribution is 5.91. The zero-order valence-electron chi connectivity index (χ0n) is 22.3. The van der Waals surface area contributed by atoms with Crippen molar-refractivity contribution >= 4 is 5.78 Å². The zero-order chi connectivity index (χ0) is 24.5. The molecule has 4 heteroatoms. The summed E-state index contributed by atoms with van der Waals surface area (Å²) in [4.78, 5) is 14.8. The highest BCUT2D eigenvalue weighted by Crippen LogP contribution is 2.60. The van der Waals surface area contributed by atoms with E-state index in [1.54, 1.807) is 11.1 Å². The van der Waals surface area contributed by atoms with Crippen LogP contribution in [0.5, 0.6) is 0 Å². The minimum absolute atomic E-state index is 0.198. The second kappa shape index (κ2) is 8.67. The Morgan fingerprint density at radius 2 is 2.06 bits per heavy atom. The second-order valence-corrected chi connectivity index (χ2v) is 13.5. The van der Waals surface area contributed by atoms with E-state index in [2.05, 4.69) is 25.7 Å². The third-order valence-electron chi connectivity index (χ3n) is 11.2. The number of piperidine rings is 1. The van der Waals surface area contributed by atoms with Crippen LogP contribution < -0.4 is 5.73 Å². The maximum absolute atomic E-state index is 12.3. The van der Waals surface area contributed by atoms with Crippen LogP contribution in [0.1, 0.15) is 85.0 Å². The lowest BCUT2D eigenvalue weighted by Crippen LogP contribution is -2.51. The van der Waals surface area contributed by atoms with Crippen LogP contribution in [0.4, 0.5) is 0 Å². The Balaban J connectivity index is 1.31. The third kappa shape index (κ3) is 3.85. The molecule has 8 atom stereocenters. The van der Waals surface area contributed by atoms with E-state index in [-0.39, 0.29) is 17.1 Å². The predicted octanol–water partition coefficient (Wildman–Crippen LogP) is 5.58. The lowest BCUT2D eigenvalue weighted by atomic mass is 9.57. The number of rotatable bonds is 2. The molecule has 2 heterocycles. The fraction of sp³-hybridized carbons (Fsp3) is 0.774. The van der Waals surface area contributed by atoms with E-state index in [9.17, 15) is 4.79 Å². The van der Waals surface area contributed by atoms with Gasteiger partial charge in [-0.3, -0.25) is 9.69 Å². The number of allylic oxidation sites excluding steroid dienone is 3. The molecule has 0 aromatic carbocycles. The molecule has 4 fully saturated rings. The maximum atomic E-state index is 12.3. The molecule has 1 spiro atoms. The zero-order valence-corrected chi connectivity index (χ0v) is 22.3. The summed E-state index contributed by atoms with van der Waals surface area (Å²) >= 11 is 0. The van der Waals surface area contributed by atoms with Crippen LogP contribution >= 0.6 is 0 Å². The van der Waals surface area contributed by atoms with Gasteiger partial charge in [-0.05, 0) is 99.0 Å². The molecule has 2 bridgehead atoms. The van der Waals surface area contributed by atoms with Gasteiger partial charge in [0.25, 0.3) is 0 Å². The van der Waals surface area contributed by atoms with Crippen molar-refractivity contribution in [3.05, 3.63) is 34.9 Å². The average molecular weight is 479 g/mol. The number of nitrogens with zero attached hydrogens (tertiary/aromatic N) is 1. The minimum atomic E-state index is -0.198. The monoisotopic (exact) mass is 478 g/mol.